The zero-order valence-electron chi connectivity index (χ0n) is 6.55. The third kappa shape index (κ3) is 1.94. The lowest BCUT2D eigenvalue weighted by atomic mass is 10.1. The van der Waals surface area contributed by atoms with E-state index >= 15 is 0 Å². The minimum atomic E-state index is 0.414. The van der Waals surface area contributed by atoms with Crippen molar-refractivity contribution in [1.29, 1.82) is 0 Å². The molecular formula is C7H16N2O. The summed E-state index contributed by atoms with van der Waals surface area (Å²) in [7, 11) is 1.77. The van der Waals surface area contributed by atoms with E-state index < -0.39 is 0 Å². The number of methoxy groups -OCH3 is 1. The number of piperidine rings is 1. The Morgan fingerprint density at radius 3 is 3.10 bits per heavy atom. The SMILES string of the molecule is COC1CCCN(CN)C1. The lowest BCUT2D eigenvalue weighted by Crippen LogP contribution is -2.42. The van der Waals surface area contributed by atoms with Crippen LogP contribution in [0.15, 0.2) is 0 Å². The molecule has 0 aromatic rings. The van der Waals surface area contributed by atoms with Crippen LogP contribution in [0.5, 0.6) is 0 Å². The molecule has 1 unspecified atom stereocenters. The first kappa shape index (κ1) is 7.98. The lowest BCUT2D eigenvalue weighted by Gasteiger charge is -2.30. The van der Waals surface area contributed by atoms with Crippen LogP contribution in [-0.4, -0.2) is 37.9 Å². The van der Waals surface area contributed by atoms with E-state index in [0.717, 1.165) is 13.1 Å². The van der Waals surface area contributed by atoms with Crippen LogP contribution in [-0.2, 0) is 4.74 Å². The molecule has 1 fully saturated rings. The van der Waals surface area contributed by atoms with Crippen molar-refractivity contribution in [2.45, 2.75) is 18.9 Å². The summed E-state index contributed by atoms with van der Waals surface area (Å²) < 4.78 is 5.23. The molecule has 1 heterocycles. The summed E-state index contributed by atoms with van der Waals surface area (Å²) in [5.74, 6) is 0. The van der Waals surface area contributed by atoms with Gasteiger partial charge in [0, 0.05) is 20.3 Å². The first-order valence-corrected chi connectivity index (χ1v) is 3.82. The minimum absolute atomic E-state index is 0.414. The fourth-order valence-corrected chi connectivity index (χ4v) is 1.37. The van der Waals surface area contributed by atoms with Crippen LogP contribution in [0.1, 0.15) is 12.8 Å². The molecule has 0 bridgehead atoms. The highest BCUT2D eigenvalue weighted by Crippen LogP contribution is 2.10. The zero-order chi connectivity index (χ0) is 7.40. The zero-order valence-corrected chi connectivity index (χ0v) is 6.55. The molecule has 0 aliphatic carbocycles. The van der Waals surface area contributed by atoms with E-state index in [1.165, 1.54) is 12.8 Å². The number of hydrogen-bond donors (Lipinski definition) is 1. The van der Waals surface area contributed by atoms with Crippen LogP contribution in [0.4, 0.5) is 0 Å². The monoisotopic (exact) mass is 144 g/mol. The predicted octanol–water partition coefficient (Wildman–Crippen LogP) is 0.0134. The van der Waals surface area contributed by atoms with Crippen molar-refractivity contribution in [1.82, 2.24) is 4.90 Å². The van der Waals surface area contributed by atoms with E-state index in [9.17, 15) is 0 Å². The summed E-state index contributed by atoms with van der Waals surface area (Å²) in [5.41, 5.74) is 5.49. The van der Waals surface area contributed by atoms with Crippen LogP contribution in [0, 0.1) is 0 Å². The maximum absolute atomic E-state index is 5.49. The van der Waals surface area contributed by atoms with Crippen LogP contribution in [0.2, 0.25) is 0 Å². The van der Waals surface area contributed by atoms with Crippen molar-refractivity contribution < 1.29 is 4.74 Å². The first-order chi connectivity index (χ1) is 4.86. The van der Waals surface area contributed by atoms with Crippen molar-refractivity contribution in [3.63, 3.8) is 0 Å². The molecule has 0 amide bonds. The highest BCUT2D eigenvalue weighted by atomic mass is 16.5. The fourth-order valence-electron chi connectivity index (χ4n) is 1.37. The molecule has 1 saturated heterocycles. The maximum atomic E-state index is 5.49. The molecule has 2 N–H and O–H groups in total. The van der Waals surface area contributed by atoms with Gasteiger partial charge in [0.25, 0.3) is 0 Å². The Hall–Kier alpha value is -0.120. The minimum Gasteiger partial charge on any atom is -0.380 e. The van der Waals surface area contributed by atoms with E-state index in [2.05, 4.69) is 4.90 Å². The number of likely N-dealkylation sites (tertiary alicyclic amines) is 1. The summed E-state index contributed by atoms with van der Waals surface area (Å²) in [4.78, 5) is 2.22. The molecule has 1 atom stereocenters. The molecule has 1 rings (SSSR count). The van der Waals surface area contributed by atoms with Crippen LogP contribution in [0.3, 0.4) is 0 Å². The average molecular weight is 144 g/mol. The molecule has 0 saturated carbocycles. The largest absolute Gasteiger partial charge is 0.380 e. The molecule has 3 heteroatoms. The number of hydrogen-bond acceptors (Lipinski definition) is 3. The Bertz CT molecular complexity index is 87.6. The molecule has 0 radical (unpaired) electrons. The second-order valence-corrected chi connectivity index (χ2v) is 2.76. The lowest BCUT2D eigenvalue weighted by molar-refractivity contribution is 0.0324. The number of nitrogens with zero attached hydrogens (tertiary/aromatic N) is 1. The molecule has 1 aliphatic rings. The molecule has 0 aromatic heterocycles. The van der Waals surface area contributed by atoms with E-state index in [0.29, 0.717) is 12.8 Å². The highest BCUT2D eigenvalue weighted by molar-refractivity contribution is 4.71. The van der Waals surface area contributed by atoms with E-state index in [4.69, 9.17) is 10.5 Å². The second-order valence-electron chi connectivity index (χ2n) is 2.76. The van der Waals surface area contributed by atoms with Gasteiger partial charge in [-0.1, -0.05) is 0 Å². The van der Waals surface area contributed by atoms with Gasteiger partial charge in [0.15, 0.2) is 0 Å². The van der Waals surface area contributed by atoms with E-state index in [-0.39, 0.29) is 0 Å². The molecule has 1 aliphatic heterocycles. The highest BCUT2D eigenvalue weighted by Gasteiger charge is 2.17. The Morgan fingerprint density at radius 2 is 2.50 bits per heavy atom. The number of nitrogens with two attached hydrogens (primary N) is 1. The van der Waals surface area contributed by atoms with Gasteiger partial charge in [-0.25, -0.2) is 0 Å². The summed E-state index contributed by atoms with van der Waals surface area (Å²) in [6.07, 6.45) is 2.82. The quantitative estimate of drug-likeness (QED) is 0.593. The maximum Gasteiger partial charge on any atom is 0.0699 e. The molecule has 10 heavy (non-hydrogen) atoms. The van der Waals surface area contributed by atoms with Gasteiger partial charge in [0.1, 0.15) is 0 Å². The molecule has 3 nitrogen and oxygen atoms in total. The topological polar surface area (TPSA) is 38.5 Å². The standard InChI is InChI=1S/C7H16N2O/c1-10-7-3-2-4-9(5-7)6-8/h7H,2-6,8H2,1H3. The van der Waals surface area contributed by atoms with Gasteiger partial charge in [-0.05, 0) is 19.4 Å². The van der Waals surface area contributed by atoms with Gasteiger partial charge in [-0.15, -0.1) is 0 Å². The van der Waals surface area contributed by atoms with Gasteiger partial charge in [0.05, 0.1) is 6.10 Å². The van der Waals surface area contributed by atoms with Gasteiger partial charge in [0.2, 0.25) is 0 Å². The molecule has 60 valence electrons. The van der Waals surface area contributed by atoms with Gasteiger partial charge < -0.3 is 10.5 Å². The fraction of sp³-hybridized carbons (Fsp3) is 1.00. The van der Waals surface area contributed by atoms with Gasteiger partial charge >= 0.3 is 0 Å². The third-order valence-electron chi connectivity index (χ3n) is 2.05. The summed E-state index contributed by atoms with van der Waals surface area (Å²) in [5, 5.41) is 0. The van der Waals surface area contributed by atoms with Crippen molar-refractivity contribution in [3.05, 3.63) is 0 Å². The normalized spacial score (nSPS) is 28.8. The van der Waals surface area contributed by atoms with Crippen molar-refractivity contribution in [2.24, 2.45) is 5.73 Å². The Labute approximate surface area is 62.1 Å². The Morgan fingerprint density at radius 1 is 1.70 bits per heavy atom. The van der Waals surface area contributed by atoms with Crippen molar-refractivity contribution >= 4 is 0 Å². The van der Waals surface area contributed by atoms with Crippen molar-refractivity contribution in [3.8, 4) is 0 Å². The first-order valence-electron chi connectivity index (χ1n) is 3.82. The van der Waals surface area contributed by atoms with Crippen LogP contribution in [0.25, 0.3) is 0 Å². The summed E-state index contributed by atoms with van der Waals surface area (Å²) in [6, 6.07) is 0. The van der Waals surface area contributed by atoms with Crippen LogP contribution >= 0.6 is 0 Å². The average Bonchev–Trinajstić information content (AvgIpc) is 2.05. The smallest absolute Gasteiger partial charge is 0.0699 e. The van der Waals surface area contributed by atoms with Crippen molar-refractivity contribution in [2.75, 3.05) is 26.9 Å². The third-order valence-corrected chi connectivity index (χ3v) is 2.05. The Kier molecular flexibility index (Phi) is 3.12. The molecular weight excluding hydrogens is 128 g/mol. The van der Waals surface area contributed by atoms with Gasteiger partial charge in [-0.2, -0.15) is 0 Å². The molecule has 0 spiro atoms. The van der Waals surface area contributed by atoms with Gasteiger partial charge in [-0.3, -0.25) is 4.90 Å². The Balaban J connectivity index is 2.25. The predicted molar refractivity (Wildman–Crippen MR) is 40.7 cm³/mol. The molecule has 0 aromatic carbocycles. The second kappa shape index (κ2) is 3.91. The summed E-state index contributed by atoms with van der Waals surface area (Å²) in [6.45, 7) is 2.81. The number of ether oxygens (including phenoxy) is 1. The summed E-state index contributed by atoms with van der Waals surface area (Å²) >= 11 is 0. The number of rotatable bonds is 2. The van der Waals surface area contributed by atoms with Crippen LogP contribution < -0.4 is 5.73 Å². The van der Waals surface area contributed by atoms with E-state index in [1.54, 1.807) is 7.11 Å². The van der Waals surface area contributed by atoms with E-state index in [1.807, 2.05) is 0 Å².